The molecule has 0 aliphatic heterocycles. The smallest absolute Gasteiger partial charge is 0.168 e. The lowest BCUT2D eigenvalue weighted by molar-refractivity contribution is 0.404. The summed E-state index contributed by atoms with van der Waals surface area (Å²) >= 11 is 0. The van der Waals surface area contributed by atoms with Crippen molar-refractivity contribution >= 4 is 5.65 Å². The summed E-state index contributed by atoms with van der Waals surface area (Å²) in [6, 6.07) is 11.0. The summed E-state index contributed by atoms with van der Waals surface area (Å²) in [5, 5.41) is 8.44. The van der Waals surface area contributed by atoms with Gasteiger partial charge >= 0.3 is 0 Å². The maximum Gasteiger partial charge on any atom is 0.168 e. The van der Waals surface area contributed by atoms with E-state index >= 15 is 0 Å². The van der Waals surface area contributed by atoms with Gasteiger partial charge in [-0.25, -0.2) is 4.39 Å². The summed E-state index contributed by atoms with van der Waals surface area (Å²) in [6.07, 6.45) is 4.67. The zero-order chi connectivity index (χ0) is 19.7. The molecule has 0 aliphatic rings. The number of pyridine rings is 2. The molecule has 0 saturated heterocycles. The molecule has 28 heavy (non-hydrogen) atoms. The molecule has 0 aliphatic carbocycles. The first kappa shape index (κ1) is 18.1. The summed E-state index contributed by atoms with van der Waals surface area (Å²) in [5.74, 6) is 0.316. The van der Waals surface area contributed by atoms with Crippen molar-refractivity contribution in [2.45, 2.75) is 26.7 Å². The first-order chi connectivity index (χ1) is 13.6. The molecule has 0 unspecified atom stereocenters. The lowest BCUT2D eigenvalue weighted by Crippen LogP contribution is -2.04. The number of methoxy groups -OCH3 is 1. The van der Waals surface area contributed by atoms with Crippen LogP contribution < -0.4 is 4.74 Å². The Morgan fingerprint density at radius 3 is 2.71 bits per heavy atom. The van der Waals surface area contributed by atoms with Crippen molar-refractivity contribution in [1.29, 1.82) is 0 Å². The van der Waals surface area contributed by atoms with Crippen LogP contribution in [0.2, 0.25) is 0 Å². The number of hydrogen-bond donors (Lipinski definition) is 0. The molecule has 3 heterocycles. The van der Waals surface area contributed by atoms with E-state index in [4.69, 9.17) is 4.74 Å². The second kappa shape index (κ2) is 7.38. The van der Waals surface area contributed by atoms with Crippen LogP contribution >= 0.6 is 0 Å². The minimum atomic E-state index is -0.252. The maximum atomic E-state index is 14.2. The van der Waals surface area contributed by atoms with Crippen molar-refractivity contribution < 1.29 is 9.13 Å². The number of hydrogen-bond acceptors (Lipinski definition) is 4. The molecule has 0 atom stereocenters. The van der Waals surface area contributed by atoms with E-state index in [0.29, 0.717) is 24.2 Å². The van der Waals surface area contributed by atoms with E-state index in [1.165, 1.54) is 6.07 Å². The predicted octanol–water partition coefficient (Wildman–Crippen LogP) is 4.34. The molecule has 0 N–H and O–H groups in total. The van der Waals surface area contributed by atoms with Gasteiger partial charge in [0.15, 0.2) is 5.65 Å². The van der Waals surface area contributed by atoms with Gasteiger partial charge in [0.25, 0.3) is 0 Å². The van der Waals surface area contributed by atoms with Crippen LogP contribution in [0.5, 0.6) is 5.75 Å². The van der Waals surface area contributed by atoms with Crippen molar-refractivity contribution in [2.75, 3.05) is 7.11 Å². The Labute approximate surface area is 162 Å². The monoisotopic (exact) mass is 376 g/mol. The van der Waals surface area contributed by atoms with Crippen LogP contribution in [0.25, 0.3) is 16.8 Å². The normalized spacial score (nSPS) is 11.1. The fourth-order valence-corrected chi connectivity index (χ4v) is 3.69. The lowest BCUT2D eigenvalue weighted by atomic mass is 9.99. The molecule has 4 aromatic rings. The van der Waals surface area contributed by atoms with Crippen molar-refractivity contribution in [3.8, 4) is 16.9 Å². The highest BCUT2D eigenvalue weighted by Crippen LogP contribution is 2.30. The first-order valence-electron chi connectivity index (χ1n) is 9.15. The molecule has 0 saturated carbocycles. The molecule has 3 aromatic heterocycles. The standard InChI is InChI=1S/C22H21FN4O/c1-14-11-12-24-15(2)21(14)18-10-8-16(27-13-25-26-22(18)27)7-9-17-19(23)5-4-6-20(17)28-3/h4-6,8,10-13H,7,9H2,1-3H3. The predicted molar refractivity (Wildman–Crippen MR) is 106 cm³/mol. The Balaban J connectivity index is 1.73. The van der Waals surface area contributed by atoms with Gasteiger partial charge in [-0.1, -0.05) is 6.07 Å². The van der Waals surface area contributed by atoms with E-state index in [1.807, 2.05) is 29.7 Å². The molecule has 0 radical (unpaired) electrons. The van der Waals surface area contributed by atoms with E-state index in [9.17, 15) is 4.39 Å². The maximum absolute atomic E-state index is 14.2. The second-order valence-electron chi connectivity index (χ2n) is 6.77. The van der Waals surface area contributed by atoms with Crippen LogP contribution in [0, 0.1) is 19.7 Å². The topological polar surface area (TPSA) is 52.3 Å². The van der Waals surface area contributed by atoms with E-state index in [1.54, 1.807) is 25.6 Å². The Hall–Kier alpha value is -3.28. The fourth-order valence-electron chi connectivity index (χ4n) is 3.69. The molecule has 0 spiro atoms. The third-order valence-electron chi connectivity index (χ3n) is 5.09. The number of rotatable bonds is 5. The van der Waals surface area contributed by atoms with Crippen LogP contribution in [-0.4, -0.2) is 26.7 Å². The molecule has 142 valence electrons. The molecule has 0 amide bonds. The van der Waals surface area contributed by atoms with Crippen molar-refractivity contribution in [2.24, 2.45) is 0 Å². The second-order valence-corrected chi connectivity index (χ2v) is 6.77. The zero-order valence-electron chi connectivity index (χ0n) is 16.1. The van der Waals surface area contributed by atoms with Gasteiger partial charge in [-0.2, -0.15) is 0 Å². The highest BCUT2D eigenvalue weighted by atomic mass is 19.1. The number of nitrogens with zero attached hydrogens (tertiary/aromatic N) is 4. The summed E-state index contributed by atoms with van der Waals surface area (Å²) < 4.78 is 21.5. The molecule has 6 heteroatoms. The van der Waals surface area contributed by atoms with Crippen LogP contribution in [0.3, 0.4) is 0 Å². The highest BCUT2D eigenvalue weighted by Gasteiger charge is 2.15. The van der Waals surface area contributed by atoms with Gasteiger partial charge in [0.1, 0.15) is 17.9 Å². The highest BCUT2D eigenvalue weighted by molar-refractivity contribution is 5.80. The lowest BCUT2D eigenvalue weighted by Gasteiger charge is -2.13. The Morgan fingerprint density at radius 1 is 1.07 bits per heavy atom. The van der Waals surface area contributed by atoms with E-state index < -0.39 is 0 Å². The molecular formula is C22H21FN4O. The number of aryl methyl sites for hydroxylation is 3. The average molecular weight is 376 g/mol. The summed E-state index contributed by atoms with van der Waals surface area (Å²) in [6.45, 7) is 4.06. The number of benzene rings is 1. The third kappa shape index (κ3) is 3.11. The van der Waals surface area contributed by atoms with Gasteiger partial charge in [-0.15, -0.1) is 10.2 Å². The Bertz CT molecular complexity index is 1130. The van der Waals surface area contributed by atoms with Gasteiger partial charge in [0.05, 0.1) is 7.11 Å². The SMILES string of the molecule is COc1cccc(F)c1CCc1ccc(-c2c(C)ccnc2C)c2nncn12. The van der Waals surface area contributed by atoms with Crippen LogP contribution in [-0.2, 0) is 12.8 Å². The van der Waals surface area contributed by atoms with Crippen molar-refractivity contribution in [3.05, 3.63) is 77.3 Å². The molecular weight excluding hydrogens is 355 g/mol. The van der Waals surface area contributed by atoms with Gasteiger partial charge in [0.2, 0.25) is 0 Å². The first-order valence-corrected chi connectivity index (χ1v) is 9.15. The Kier molecular flexibility index (Phi) is 4.77. The number of halogens is 1. The van der Waals surface area contributed by atoms with Crippen molar-refractivity contribution in [3.63, 3.8) is 0 Å². The van der Waals surface area contributed by atoms with Crippen LogP contribution in [0.1, 0.15) is 22.5 Å². The summed E-state index contributed by atoms with van der Waals surface area (Å²) in [7, 11) is 1.56. The van der Waals surface area contributed by atoms with Crippen LogP contribution in [0.4, 0.5) is 4.39 Å². The number of aromatic nitrogens is 4. The van der Waals surface area contributed by atoms with Crippen molar-refractivity contribution in [1.82, 2.24) is 19.6 Å². The average Bonchev–Trinajstić information content (AvgIpc) is 3.18. The molecule has 1 aromatic carbocycles. The number of fused-ring (bicyclic) bond motifs is 1. The summed E-state index contributed by atoms with van der Waals surface area (Å²) in [5.41, 5.74) is 6.52. The number of ether oxygens (including phenoxy) is 1. The molecule has 0 bridgehead atoms. The molecule has 4 rings (SSSR count). The zero-order valence-corrected chi connectivity index (χ0v) is 16.1. The molecule has 5 nitrogen and oxygen atoms in total. The largest absolute Gasteiger partial charge is 0.496 e. The minimum Gasteiger partial charge on any atom is -0.496 e. The Morgan fingerprint density at radius 2 is 1.93 bits per heavy atom. The quantitative estimate of drug-likeness (QED) is 0.520. The fraction of sp³-hybridized carbons (Fsp3) is 0.227. The van der Waals surface area contributed by atoms with Gasteiger partial charge in [0, 0.05) is 34.3 Å². The van der Waals surface area contributed by atoms with E-state index in [-0.39, 0.29) is 5.82 Å². The third-order valence-corrected chi connectivity index (χ3v) is 5.09. The van der Waals surface area contributed by atoms with Crippen LogP contribution in [0.15, 0.2) is 48.9 Å². The van der Waals surface area contributed by atoms with Gasteiger partial charge < -0.3 is 4.74 Å². The van der Waals surface area contributed by atoms with E-state index in [0.717, 1.165) is 33.7 Å². The minimum absolute atomic E-state index is 0.252. The van der Waals surface area contributed by atoms with Gasteiger partial charge in [-0.05, 0) is 62.6 Å². The molecule has 0 fully saturated rings. The van der Waals surface area contributed by atoms with E-state index in [2.05, 4.69) is 28.2 Å². The summed E-state index contributed by atoms with van der Waals surface area (Å²) in [4.78, 5) is 4.42. The van der Waals surface area contributed by atoms with Gasteiger partial charge in [-0.3, -0.25) is 9.38 Å².